The Kier molecular flexibility index (Phi) is 6.32. The molecule has 0 unspecified atom stereocenters. The van der Waals surface area contributed by atoms with Crippen molar-refractivity contribution in [2.45, 2.75) is 66.2 Å². The van der Waals surface area contributed by atoms with Gasteiger partial charge in [0.15, 0.2) is 0 Å². The number of carbonyl (C=O) groups excluding carboxylic acids is 2. The zero-order valence-corrected chi connectivity index (χ0v) is 17.4. The molecule has 0 saturated heterocycles. The molecule has 0 aliphatic heterocycles. The molecule has 1 N–H and O–H groups in total. The molecule has 1 amide bonds. The minimum absolute atomic E-state index is 0.0932. The Labute approximate surface area is 167 Å². The maximum absolute atomic E-state index is 12.9. The fourth-order valence-corrected chi connectivity index (χ4v) is 4.00. The van der Waals surface area contributed by atoms with Crippen LogP contribution in [0.2, 0.25) is 0 Å². The smallest absolute Gasteiger partial charge is 0.278 e. The van der Waals surface area contributed by atoms with Gasteiger partial charge in [-0.1, -0.05) is 33.1 Å². The van der Waals surface area contributed by atoms with Crippen molar-refractivity contribution in [2.75, 3.05) is 5.32 Å². The van der Waals surface area contributed by atoms with Crippen molar-refractivity contribution in [1.29, 1.82) is 0 Å². The second-order valence-electron chi connectivity index (χ2n) is 8.37. The number of rotatable bonds is 5. The standard InChI is InChI=1S/C23H31N3O2/c1-15(2)14-21-16(3)25-26(17(21)4)23(28)19-10-12-20(13-11-19)24-22(27)18-8-6-5-7-9-18/h10-13,15,18H,5-9,14H2,1-4H3,(H,24,27). The van der Waals surface area contributed by atoms with E-state index in [0.29, 0.717) is 11.5 Å². The largest absolute Gasteiger partial charge is 0.326 e. The second kappa shape index (κ2) is 8.72. The maximum Gasteiger partial charge on any atom is 0.278 e. The number of hydrogen-bond acceptors (Lipinski definition) is 3. The predicted molar refractivity (Wildman–Crippen MR) is 112 cm³/mol. The Morgan fingerprint density at radius 2 is 1.75 bits per heavy atom. The van der Waals surface area contributed by atoms with Gasteiger partial charge < -0.3 is 5.32 Å². The molecule has 1 aromatic heterocycles. The van der Waals surface area contributed by atoms with Crippen molar-refractivity contribution in [1.82, 2.24) is 9.78 Å². The van der Waals surface area contributed by atoms with Gasteiger partial charge in [-0.05, 0) is 68.9 Å². The van der Waals surface area contributed by atoms with E-state index in [4.69, 9.17) is 0 Å². The number of carbonyl (C=O) groups is 2. The lowest BCUT2D eigenvalue weighted by Crippen LogP contribution is -2.24. The summed E-state index contributed by atoms with van der Waals surface area (Å²) < 4.78 is 1.50. The van der Waals surface area contributed by atoms with Gasteiger partial charge in [-0.3, -0.25) is 9.59 Å². The third-order valence-corrected chi connectivity index (χ3v) is 5.62. The number of aromatic nitrogens is 2. The Balaban J connectivity index is 1.71. The molecule has 0 atom stereocenters. The van der Waals surface area contributed by atoms with Gasteiger partial charge in [-0.25, -0.2) is 4.68 Å². The van der Waals surface area contributed by atoms with Crippen LogP contribution in [0.1, 0.15) is 73.3 Å². The number of nitrogens with zero attached hydrogens (tertiary/aromatic N) is 2. The highest BCUT2D eigenvalue weighted by Gasteiger charge is 2.22. The van der Waals surface area contributed by atoms with Gasteiger partial charge in [-0.2, -0.15) is 5.10 Å². The average Bonchev–Trinajstić information content (AvgIpc) is 2.96. The van der Waals surface area contributed by atoms with Gasteiger partial charge in [-0.15, -0.1) is 0 Å². The quantitative estimate of drug-likeness (QED) is 0.801. The van der Waals surface area contributed by atoms with E-state index in [2.05, 4.69) is 24.3 Å². The van der Waals surface area contributed by atoms with Gasteiger partial charge in [0, 0.05) is 22.9 Å². The molecule has 150 valence electrons. The SMILES string of the molecule is Cc1nn(C(=O)c2ccc(NC(=O)C3CCCCC3)cc2)c(C)c1CC(C)C. The van der Waals surface area contributed by atoms with E-state index in [-0.39, 0.29) is 17.7 Å². The molecule has 1 saturated carbocycles. The monoisotopic (exact) mass is 381 g/mol. The van der Waals surface area contributed by atoms with Gasteiger partial charge in [0.2, 0.25) is 5.91 Å². The molecule has 0 bridgehead atoms. The molecule has 3 rings (SSSR count). The Morgan fingerprint density at radius 1 is 1.11 bits per heavy atom. The van der Waals surface area contributed by atoms with Crippen molar-refractivity contribution in [3.63, 3.8) is 0 Å². The predicted octanol–water partition coefficient (Wildman–Crippen LogP) is 4.91. The first-order chi connectivity index (χ1) is 13.4. The first-order valence-electron chi connectivity index (χ1n) is 10.4. The van der Waals surface area contributed by atoms with Crippen molar-refractivity contribution < 1.29 is 9.59 Å². The maximum atomic E-state index is 12.9. The summed E-state index contributed by atoms with van der Waals surface area (Å²) in [6, 6.07) is 7.12. The lowest BCUT2D eigenvalue weighted by Gasteiger charge is -2.20. The summed E-state index contributed by atoms with van der Waals surface area (Å²) in [5, 5.41) is 7.46. The minimum Gasteiger partial charge on any atom is -0.326 e. The zero-order chi connectivity index (χ0) is 20.3. The molecular weight excluding hydrogens is 350 g/mol. The van der Waals surface area contributed by atoms with Gasteiger partial charge in [0.05, 0.1) is 5.69 Å². The fourth-order valence-electron chi connectivity index (χ4n) is 4.00. The van der Waals surface area contributed by atoms with Gasteiger partial charge in [0.1, 0.15) is 0 Å². The fraction of sp³-hybridized carbons (Fsp3) is 0.522. The molecular formula is C23H31N3O2. The summed E-state index contributed by atoms with van der Waals surface area (Å²) in [5.74, 6) is 0.581. The molecule has 2 aromatic rings. The van der Waals surface area contributed by atoms with Crippen LogP contribution in [0.4, 0.5) is 5.69 Å². The Bertz CT molecular complexity index is 843. The van der Waals surface area contributed by atoms with Crippen LogP contribution < -0.4 is 5.32 Å². The van der Waals surface area contributed by atoms with Crippen LogP contribution in [0, 0.1) is 25.7 Å². The molecule has 1 aromatic carbocycles. The number of benzene rings is 1. The summed E-state index contributed by atoms with van der Waals surface area (Å²) >= 11 is 0. The van der Waals surface area contributed by atoms with E-state index in [1.165, 1.54) is 11.1 Å². The highest BCUT2D eigenvalue weighted by molar-refractivity contribution is 5.97. The highest BCUT2D eigenvalue weighted by Crippen LogP contribution is 2.25. The first-order valence-corrected chi connectivity index (χ1v) is 10.4. The van der Waals surface area contributed by atoms with Crippen LogP contribution in [0.3, 0.4) is 0 Å². The number of anilines is 1. The van der Waals surface area contributed by atoms with E-state index < -0.39 is 0 Å². The lowest BCUT2D eigenvalue weighted by molar-refractivity contribution is -0.120. The van der Waals surface area contributed by atoms with Crippen molar-refractivity contribution in [3.05, 3.63) is 46.8 Å². The third kappa shape index (κ3) is 4.51. The van der Waals surface area contributed by atoms with Crippen LogP contribution in [0.15, 0.2) is 24.3 Å². The topological polar surface area (TPSA) is 64.0 Å². The molecule has 1 heterocycles. The van der Waals surface area contributed by atoms with Crippen molar-refractivity contribution in [2.24, 2.45) is 11.8 Å². The van der Waals surface area contributed by atoms with Crippen LogP contribution in [0.25, 0.3) is 0 Å². The van der Waals surface area contributed by atoms with E-state index in [0.717, 1.165) is 54.7 Å². The molecule has 5 heteroatoms. The van der Waals surface area contributed by atoms with E-state index in [9.17, 15) is 9.59 Å². The molecule has 1 fully saturated rings. The normalized spacial score (nSPS) is 15.0. The zero-order valence-electron chi connectivity index (χ0n) is 17.4. The third-order valence-electron chi connectivity index (χ3n) is 5.62. The molecule has 0 radical (unpaired) electrons. The molecule has 0 spiro atoms. The van der Waals surface area contributed by atoms with Gasteiger partial charge in [0.25, 0.3) is 5.91 Å². The van der Waals surface area contributed by atoms with E-state index in [1.54, 1.807) is 24.3 Å². The van der Waals surface area contributed by atoms with E-state index >= 15 is 0 Å². The Morgan fingerprint density at radius 3 is 2.36 bits per heavy atom. The molecule has 28 heavy (non-hydrogen) atoms. The number of aryl methyl sites for hydroxylation is 1. The minimum atomic E-state index is -0.138. The first kappa shape index (κ1) is 20.3. The summed E-state index contributed by atoms with van der Waals surface area (Å²) in [7, 11) is 0. The van der Waals surface area contributed by atoms with Crippen molar-refractivity contribution in [3.8, 4) is 0 Å². The van der Waals surface area contributed by atoms with Gasteiger partial charge >= 0.3 is 0 Å². The molecule has 1 aliphatic carbocycles. The van der Waals surface area contributed by atoms with E-state index in [1.807, 2.05) is 13.8 Å². The summed E-state index contributed by atoms with van der Waals surface area (Å²) in [6.07, 6.45) is 6.35. The number of amides is 1. The lowest BCUT2D eigenvalue weighted by atomic mass is 9.88. The highest BCUT2D eigenvalue weighted by atomic mass is 16.2. The number of nitrogens with one attached hydrogen (secondary N) is 1. The average molecular weight is 382 g/mol. The molecule has 5 nitrogen and oxygen atoms in total. The number of hydrogen-bond donors (Lipinski definition) is 1. The summed E-state index contributed by atoms with van der Waals surface area (Å²) in [6.45, 7) is 8.24. The van der Waals surface area contributed by atoms with Crippen LogP contribution in [-0.2, 0) is 11.2 Å². The second-order valence-corrected chi connectivity index (χ2v) is 8.37. The summed E-state index contributed by atoms with van der Waals surface area (Å²) in [5.41, 5.74) is 4.28. The molecule has 1 aliphatic rings. The summed E-state index contributed by atoms with van der Waals surface area (Å²) in [4.78, 5) is 25.3. The van der Waals surface area contributed by atoms with Crippen LogP contribution in [0.5, 0.6) is 0 Å². The van der Waals surface area contributed by atoms with Crippen LogP contribution >= 0.6 is 0 Å². The van der Waals surface area contributed by atoms with Crippen molar-refractivity contribution >= 4 is 17.5 Å². The van der Waals surface area contributed by atoms with Crippen LogP contribution in [-0.4, -0.2) is 21.6 Å². The Hall–Kier alpha value is -2.43.